The van der Waals surface area contributed by atoms with Crippen molar-refractivity contribution in [2.45, 2.75) is 25.4 Å². The molecule has 154 valence electrons. The van der Waals surface area contributed by atoms with Gasteiger partial charge in [0.2, 0.25) is 5.91 Å². The largest absolute Gasteiger partial charge is 0.457 e. The minimum absolute atomic E-state index is 0.0674. The molecule has 1 fully saturated rings. The number of rotatable bonds is 6. The van der Waals surface area contributed by atoms with Crippen molar-refractivity contribution < 1.29 is 22.7 Å². The molecular formula is C20H23N3O5S. The van der Waals surface area contributed by atoms with Gasteiger partial charge >= 0.3 is 6.03 Å². The third kappa shape index (κ3) is 6.21. The second-order valence-corrected chi connectivity index (χ2v) is 9.10. The van der Waals surface area contributed by atoms with Crippen molar-refractivity contribution in [3.8, 4) is 11.5 Å². The summed E-state index contributed by atoms with van der Waals surface area (Å²) in [7, 11) is -3.08. The first-order valence-corrected chi connectivity index (χ1v) is 11.0. The molecule has 0 radical (unpaired) electrons. The number of carbonyl (C=O) groups excluding carboxylic acids is 2. The molecule has 3 N–H and O–H groups in total. The molecule has 0 aromatic heterocycles. The number of para-hydroxylation sites is 1. The molecule has 1 unspecified atom stereocenters. The zero-order valence-electron chi connectivity index (χ0n) is 15.9. The number of carbonyl (C=O) groups is 2. The zero-order valence-corrected chi connectivity index (χ0v) is 16.7. The van der Waals surface area contributed by atoms with Gasteiger partial charge in [-0.3, -0.25) is 4.79 Å². The summed E-state index contributed by atoms with van der Waals surface area (Å²) in [4.78, 5) is 24.3. The van der Waals surface area contributed by atoms with Crippen molar-refractivity contribution in [2.75, 3.05) is 16.8 Å². The van der Waals surface area contributed by atoms with Gasteiger partial charge in [0.1, 0.15) is 17.5 Å². The maximum absolute atomic E-state index is 12.3. The Balaban J connectivity index is 1.47. The summed E-state index contributed by atoms with van der Waals surface area (Å²) in [6, 6.07) is 14.4. The molecule has 29 heavy (non-hydrogen) atoms. The standard InChI is InChI=1S/C20H23N3O5S/c1-14(21-20(25)23-16-11-12-29(26,27)13-16)19(24)22-15-7-9-18(10-8-15)28-17-5-3-2-4-6-17/h2-10,14,16H,11-13H2,1H3,(H,22,24)(H2,21,23,25)/t14-,16?/m1/s1. The zero-order chi connectivity index (χ0) is 20.9. The number of nitrogens with one attached hydrogen (secondary N) is 3. The van der Waals surface area contributed by atoms with E-state index in [-0.39, 0.29) is 11.5 Å². The Morgan fingerprint density at radius 1 is 1.03 bits per heavy atom. The molecular weight excluding hydrogens is 394 g/mol. The number of anilines is 1. The molecule has 0 aliphatic carbocycles. The van der Waals surface area contributed by atoms with E-state index in [1.54, 1.807) is 31.2 Å². The number of amides is 3. The van der Waals surface area contributed by atoms with Crippen LogP contribution >= 0.6 is 0 Å². The van der Waals surface area contributed by atoms with E-state index in [1.807, 2.05) is 30.3 Å². The maximum atomic E-state index is 12.3. The molecule has 9 heteroatoms. The van der Waals surface area contributed by atoms with Crippen LogP contribution in [-0.2, 0) is 14.6 Å². The molecule has 0 saturated carbocycles. The third-order valence-corrected chi connectivity index (χ3v) is 6.18. The molecule has 0 spiro atoms. The second-order valence-electron chi connectivity index (χ2n) is 6.87. The van der Waals surface area contributed by atoms with E-state index in [0.717, 1.165) is 0 Å². The van der Waals surface area contributed by atoms with Gasteiger partial charge in [-0.2, -0.15) is 0 Å². The van der Waals surface area contributed by atoms with Gasteiger partial charge in [-0.05, 0) is 49.7 Å². The average molecular weight is 417 g/mol. The molecule has 1 saturated heterocycles. The molecule has 8 nitrogen and oxygen atoms in total. The summed E-state index contributed by atoms with van der Waals surface area (Å²) < 4.78 is 28.6. The van der Waals surface area contributed by atoms with Crippen LogP contribution in [0.3, 0.4) is 0 Å². The summed E-state index contributed by atoms with van der Waals surface area (Å²) in [6.07, 6.45) is 0.383. The fourth-order valence-corrected chi connectivity index (χ4v) is 4.55. The van der Waals surface area contributed by atoms with E-state index < -0.39 is 33.9 Å². The number of benzene rings is 2. The van der Waals surface area contributed by atoms with Crippen LogP contribution in [0.1, 0.15) is 13.3 Å². The first-order valence-electron chi connectivity index (χ1n) is 9.22. The van der Waals surface area contributed by atoms with Crippen molar-refractivity contribution in [2.24, 2.45) is 0 Å². The Kier molecular flexibility index (Phi) is 6.38. The SMILES string of the molecule is C[C@@H](NC(=O)NC1CCS(=O)(=O)C1)C(=O)Nc1ccc(Oc2ccccc2)cc1. The number of ether oxygens (including phenoxy) is 1. The number of hydrogen-bond acceptors (Lipinski definition) is 5. The maximum Gasteiger partial charge on any atom is 0.315 e. The van der Waals surface area contributed by atoms with Crippen LogP contribution in [0.2, 0.25) is 0 Å². The van der Waals surface area contributed by atoms with Gasteiger partial charge in [0, 0.05) is 11.7 Å². The first kappa shape index (κ1) is 20.7. The van der Waals surface area contributed by atoms with E-state index in [1.165, 1.54) is 0 Å². The lowest BCUT2D eigenvalue weighted by molar-refractivity contribution is -0.117. The van der Waals surface area contributed by atoms with Gasteiger partial charge < -0.3 is 20.7 Å². The number of sulfone groups is 1. The van der Waals surface area contributed by atoms with Crippen LogP contribution in [0, 0.1) is 0 Å². The van der Waals surface area contributed by atoms with Gasteiger partial charge in [-0.15, -0.1) is 0 Å². The Labute approximate surface area is 169 Å². The summed E-state index contributed by atoms with van der Waals surface area (Å²) in [6.45, 7) is 1.55. The molecule has 2 aromatic carbocycles. The van der Waals surface area contributed by atoms with Gasteiger partial charge in [0.05, 0.1) is 11.5 Å². The first-order chi connectivity index (χ1) is 13.8. The van der Waals surface area contributed by atoms with Crippen LogP contribution in [0.5, 0.6) is 11.5 Å². The fraction of sp³-hybridized carbons (Fsp3) is 0.300. The van der Waals surface area contributed by atoms with E-state index in [0.29, 0.717) is 23.6 Å². The highest BCUT2D eigenvalue weighted by Gasteiger charge is 2.29. The minimum Gasteiger partial charge on any atom is -0.457 e. The Bertz CT molecular complexity index is 961. The lowest BCUT2D eigenvalue weighted by atomic mass is 10.2. The predicted molar refractivity (Wildman–Crippen MR) is 110 cm³/mol. The Morgan fingerprint density at radius 2 is 1.69 bits per heavy atom. The summed E-state index contributed by atoms with van der Waals surface area (Å²) in [5.41, 5.74) is 0.561. The highest BCUT2D eigenvalue weighted by Crippen LogP contribution is 2.22. The molecule has 3 amide bonds. The van der Waals surface area contributed by atoms with E-state index >= 15 is 0 Å². The van der Waals surface area contributed by atoms with E-state index in [9.17, 15) is 18.0 Å². The predicted octanol–water partition coefficient (Wildman–Crippen LogP) is 2.29. The number of urea groups is 1. The quantitative estimate of drug-likeness (QED) is 0.667. The normalized spacial score (nSPS) is 18.4. The van der Waals surface area contributed by atoms with E-state index in [4.69, 9.17) is 4.74 Å². The molecule has 1 heterocycles. The van der Waals surface area contributed by atoms with Gasteiger partial charge in [0.15, 0.2) is 9.84 Å². The Hall–Kier alpha value is -3.07. The topological polar surface area (TPSA) is 114 Å². The average Bonchev–Trinajstić information content (AvgIpc) is 3.02. The summed E-state index contributed by atoms with van der Waals surface area (Å²) in [5, 5.41) is 7.82. The fourth-order valence-electron chi connectivity index (χ4n) is 2.88. The van der Waals surface area contributed by atoms with Crippen molar-refractivity contribution >= 4 is 27.5 Å². The van der Waals surface area contributed by atoms with Crippen LogP contribution in [0.25, 0.3) is 0 Å². The van der Waals surface area contributed by atoms with Crippen LogP contribution in [0.4, 0.5) is 10.5 Å². The third-order valence-electron chi connectivity index (χ3n) is 4.41. The number of hydrogen-bond donors (Lipinski definition) is 3. The van der Waals surface area contributed by atoms with Crippen LogP contribution in [0.15, 0.2) is 54.6 Å². The van der Waals surface area contributed by atoms with Crippen LogP contribution < -0.4 is 20.7 Å². The van der Waals surface area contributed by atoms with Crippen molar-refractivity contribution in [3.63, 3.8) is 0 Å². The minimum atomic E-state index is -3.08. The second kappa shape index (κ2) is 8.95. The highest BCUT2D eigenvalue weighted by atomic mass is 32.2. The van der Waals surface area contributed by atoms with Crippen molar-refractivity contribution in [3.05, 3.63) is 54.6 Å². The smallest absolute Gasteiger partial charge is 0.315 e. The van der Waals surface area contributed by atoms with Crippen LogP contribution in [-0.4, -0.2) is 43.9 Å². The Morgan fingerprint density at radius 3 is 2.31 bits per heavy atom. The van der Waals surface area contributed by atoms with Gasteiger partial charge in [-0.1, -0.05) is 18.2 Å². The molecule has 1 aliphatic heterocycles. The molecule has 2 aromatic rings. The lowest BCUT2D eigenvalue weighted by Gasteiger charge is -2.17. The van der Waals surface area contributed by atoms with E-state index in [2.05, 4.69) is 16.0 Å². The summed E-state index contributed by atoms with van der Waals surface area (Å²) in [5.74, 6) is 0.946. The highest BCUT2D eigenvalue weighted by molar-refractivity contribution is 7.91. The monoisotopic (exact) mass is 417 g/mol. The molecule has 0 bridgehead atoms. The molecule has 1 aliphatic rings. The van der Waals surface area contributed by atoms with Gasteiger partial charge in [-0.25, -0.2) is 13.2 Å². The lowest BCUT2D eigenvalue weighted by Crippen LogP contribution is -2.49. The van der Waals surface area contributed by atoms with Crippen molar-refractivity contribution in [1.82, 2.24) is 10.6 Å². The molecule has 2 atom stereocenters. The summed E-state index contributed by atoms with van der Waals surface area (Å²) >= 11 is 0. The molecule has 3 rings (SSSR count). The van der Waals surface area contributed by atoms with Gasteiger partial charge in [0.25, 0.3) is 0 Å². The van der Waals surface area contributed by atoms with Crippen molar-refractivity contribution in [1.29, 1.82) is 0 Å².